The van der Waals surface area contributed by atoms with E-state index in [1.54, 1.807) is 12.1 Å². The molecule has 2 aromatic rings. The minimum atomic E-state index is -0.549. The summed E-state index contributed by atoms with van der Waals surface area (Å²) >= 11 is 0. The van der Waals surface area contributed by atoms with Crippen LogP contribution >= 0.6 is 0 Å². The normalized spacial score (nSPS) is 10.7. The third kappa shape index (κ3) is 4.52. The Morgan fingerprint density at radius 1 is 1.17 bits per heavy atom. The first kappa shape index (κ1) is 16.9. The molecule has 0 saturated carbocycles. The van der Waals surface area contributed by atoms with E-state index < -0.39 is 10.8 Å². The molecule has 0 aromatic heterocycles. The van der Waals surface area contributed by atoms with E-state index >= 15 is 0 Å². The molecule has 24 heavy (non-hydrogen) atoms. The van der Waals surface area contributed by atoms with Gasteiger partial charge in [0.25, 0.3) is 11.6 Å². The van der Waals surface area contributed by atoms with Gasteiger partial charge in [-0.05, 0) is 24.1 Å². The Bertz CT molecular complexity index is 808. The fraction of sp³-hybridized carbons (Fsp3) is 0.111. The maximum Gasteiger partial charge on any atom is 0.276 e. The molecule has 2 rings (SSSR count). The van der Waals surface area contributed by atoms with E-state index in [0.717, 1.165) is 5.56 Å². The summed E-state index contributed by atoms with van der Waals surface area (Å²) in [4.78, 5) is 22.5. The highest BCUT2D eigenvalue weighted by atomic mass is 16.6. The van der Waals surface area contributed by atoms with E-state index in [9.17, 15) is 14.9 Å². The van der Waals surface area contributed by atoms with Crippen LogP contribution in [0.25, 0.3) is 6.08 Å². The molecule has 0 saturated heterocycles. The Labute approximate surface area is 139 Å². The molecule has 1 N–H and O–H groups in total. The lowest BCUT2D eigenvalue weighted by molar-refractivity contribution is -0.385. The molecule has 120 valence electrons. The SMILES string of the molecule is N#C/C(=C\c1ccccc1[N+](=O)[O-])C(=O)NCCc1ccccc1. The molecule has 0 spiro atoms. The number of amides is 1. The molecule has 0 atom stereocenters. The summed E-state index contributed by atoms with van der Waals surface area (Å²) in [7, 11) is 0. The summed E-state index contributed by atoms with van der Waals surface area (Å²) in [6, 6.07) is 17.4. The van der Waals surface area contributed by atoms with Crippen LogP contribution in [0.4, 0.5) is 5.69 Å². The highest BCUT2D eigenvalue weighted by molar-refractivity contribution is 6.02. The Hall–Kier alpha value is -3.46. The van der Waals surface area contributed by atoms with E-state index in [2.05, 4.69) is 5.32 Å². The first-order valence-electron chi connectivity index (χ1n) is 7.29. The minimum Gasteiger partial charge on any atom is -0.351 e. The van der Waals surface area contributed by atoms with Crippen molar-refractivity contribution < 1.29 is 9.72 Å². The molecular weight excluding hydrogens is 306 g/mol. The van der Waals surface area contributed by atoms with E-state index in [4.69, 9.17) is 5.26 Å². The van der Waals surface area contributed by atoms with Gasteiger partial charge < -0.3 is 5.32 Å². The number of hydrogen-bond acceptors (Lipinski definition) is 4. The molecule has 0 bridgehead atoms. The smallest absolute Gasteiger partial charge is 0.276 e. The summed E-state index contributed by atoms with van der Waals surface area (Å²) < 4.78 is 0. The van der Waals surface area contributed by atoms with Gasteiger partial charge in [-0.2, -0.15) is 5.26 Å². The molecule has 0 radical (unpaired) electrons. The summed E-state index contributed by atoms with van der Waals surface area (Å²) in [5.74, 6) is -0.549. The molecule has 0 fully saturated rings. The molecule has 1 amide bonds. The average Bonchev–Trinajstić information content (AvgIpc) is 2.60. The summed E-state index contributed by atoms with van der Waals surface area (Å²) in [5.41, 5.74) is 0.968. The quantitative estimate of drug-likeness (QED) is 0.383. The maximum absolute atomic E-state index is 12.1. The minimum absolute atomic E-state index is 0.151. The van der Waals surface area contributed by atoms with Gasteiger partial charge in [0.2, 0.25) is 0 Å². The van der Waals surface area contributed by atoms with Gasteiger partial charge in [-0.15, -0.1) is 0 Å². The second kappa shape index (κ2) is 8.25. The van der Waals surface area contributed by atoms with Crippen molar-refractivity contribution in [3.05, 3.63) is 81.4 Å². The van der Waals surface area contributed by atoms with Gasteiger partial charge in [-0.3, -0.25) is 14.9 Å². The number of nitrogens with one attached hydrogen (secondary N) is 1. The van der Waals surface area contributed by atoms with Crippen molar-refractivity contribution in [3.63, 3.8) is 0 Å². The van der Waals surface area contributed by atoms with Gasteiger partial charge in [0.05, 0.1) is 10.5 Å². The fourth-order valence-corrected chi connectivity index (χ4v) is 2.14. The number of benzene rings is 2. The van der Waals surface area contributed by atoms with Crippen molar-refractivity contribution >= 4 is 17.7 Å². The second-order valence-corrected chi connectivity index (χ2v) is 4.98. The number of nitriles is 1. The largest absolute Gasteiger partial charge is 0.351 e. The topological polar surface area (TPSA) is 96.0 Å². The molecule has 0 aliphatic heterocycles. The fourth-order valence-electron chi connectivity index (χ4n) is 2.14. The van der Waals surface area contributed by atoms with Gasteiger partial charge in [0, 0.05) is 12.6 Å². The van der Waals surface area contributed by atoms with Crippen molar-refractivity contribution in [1.82, 2.24) is 5.32 Å². The molecular formula is C18H15N3O3. The van der Waals surface area contributed by atoms with Gasteiger partial charge in [-0.1, -0.05) is 42.5 Å². The first-order chi connectivity index (χ1) is 11.6. The maximum atomic E-state index is 12.1. The van der Waals surface area contributed by atoms with Crippen LogP contribution in [-0.2, 0) is 11.2 Å². The van der Waals surface area contributed by atoms with Gasteiger partial charge >= 0.3 is 0 Å². The number of carbonyl (C=O) groups excluding carboxylic acids is 1. The Morgan fingerprint density at radius 3 is 2.50 bits per heavy atom. The number of nitro benzene ring substituents is 1. The lowest BCUT2D eigenvalue weighted by Gasteiger charge is -2.05. The van der Waals surface area contributed by atoms with Crippen LogP contribution in [0.5, 0.6) is 0 Å². The van der Waals surface area contributed by atoms with Crippen LogP contribution in [0.3, 0.4) is 0 Å². The van der Waals surface area contributed by atoms with E-state index in [1.807, 2.05) is 30.3 Å². The average molecular weight is 321 g/mol. The van der Waals surface area contributed by atoms with Crippen LogP contribution in [0.15, 0.2) is 60.2 Å². The van der Waals surface area contributed by atoms with Crippen molar-refractivity contribution in [2.45, 2.75) is 6.42 Å². The number of nitro groups is 1. The molecule has 2 aromatic carbocycles. The predicted octanol–water partition coefficient (Wildman–Crippen LogP) is 2.86. The van der Waals surface area contributed by atoms with Gasteiger partial charge in [0.1, 0.15) is 11.6 Å². The van der Waals surface area contributed by atoms with Gasteiger partial charge in [0.15, 0.2) is 0 Å². The van der Waals surface area contributed by atoms with E-state index in [1.165, 1.54) is 24.3 Å². The molecule has 6 nitrogen and oxygen atoms in total. The first-order valence-corrected chi connectivity index (χ1v) is 7.29. The number of hydrogen-bond donors (Lipinski definition) is 1. The van der Waals surface area contributed by atoms with Crippen molar-refractivity contribution in [3.8, 4) is 6.07 Å². The third-order valence-electron chi connectivity index (χ3n) is 3.34. The van der Waals surface area contributed by atoms with Crippen molar-refractivity contribution in [2.75, 3.05) is 6.54 Å². The Morgan fingerprint density at radius 2 is 1.83 bits per heavy atom. The van der Waals surface area contributed by atoms with Crippen molar-refractivity contribution in [1.29, 1.82) is 5.26 Å². The highest BCUT2D eigenvalue weighted by Gasteiger charge is 2.14. The monoisotopic (exact) mass is 321 g/mol. The lowest BCUT2D eigenvalue weighted by Crippen LogP contribution is -2.26. The zero-order valence-corrected chi connectivity index (χ0v) is 12.8. The summed E-state index contributed by atoms with van der Waals surface area (Å²) in [6.45, 7) is 0.374. The Kier molecular flexibility index (Phi) is 5.81. The summed E-state index contributed by atoms with van der Waals surface area (Å²) in [5, 5.41) is 22.8. The number of rotatable bonds is 6. The molecule has 0 heterocycles. The van der Waals surface area contributed by atoms with Crippen LogP contribution in [-0.4, -0.2) is 17.4 Å². The lowest BCUT2D eigenvalue weighted by atomic mass is 10.1. The van der Waals surface area contributed by atoms with Crippen LogP contribution in [0.1, 0.15) is 11.1 Å². The number of para-hydroxylation sites is 1. The van der Waals surface area contributed by atoms with E-state index in [-0.39, 0.29) is 16.8 Å². The predicted molar refractivity (Wildman–Crippen MR) is 89.8 cm³/mol. The molecule has 0 aliphatic rings. The third-order valence-corrected chi connectivity index (χ3v) is 3.34. The van der Waals surface area contributed by atoms with Crippen LogP contribution < -0.4 is 5.32 Å². The number of nitrogens with zero attached hydrogens (tertiary/aromatic N) is 2. The Balaban J connectivity index is 2.07. The van der Waals surface area contributed by atoms with Gasteiger partial charge in [-0.25, -0.2) is 0 Å². The zero-order chi connectivity index (χ0) is 17.4. The zero-order valence-electron chi connectivity index (χ0n) is 12.8. The standard InChI is InChI=1S/C18H15N3O3/c19-13-16(12-15-8-4-5-9-17(15)21(23)24)18(22)20-11-10-14-6-2-1-3-7-14/h1-9,12H,10-11H2,(H,20,22)/b16-12+. The summed E-state index contributed by atoms with van der Waals surface area (Å²) in [6.07, 6.45) is 1.87. The van der Waals surface area contributed by atoms with Crippen LogP contribution in [0.2, 0.25) is 0 Å². The molecule has 0 unspecified atom stereocenters. The number of carbonyl (C=O) groups is 1. The highest BCUT2D eigenvalue weighted by Crippen LogP contribution is 2.20. The second-order valence-electron chi connectivity index (χ2n) is 4.98. The van der Waals surface area contributed by atoms with Crippen molar-refractivity contribution in [2.24, 2.45) is 0 Å². The van der Waals surface area contributed by atoms with E-state index in [0.29, 0.717) is 13.0 Å². The van der Waals surface area contributed by atoms with Crippen LogP contribution in [0, 0.1) is 21.4 Å². The molecule has 0 aliphatic carbocycles. The molecule has 6 heteroatoms.